The van der Waals surface area contributed by atoms with E-state index >= 15 is 0 Å². The molecule has 1 atom stereocenters. The van der Waals surface area contributed by atoms with Crippen LogP contribution in [-0.2, 0) is 14.8 Å². The van der Waals surface area contributed by atoms with Crippen LogP contribution in [0.4, 0.5) is 4.39 Å². The van der Waals surface area contributed by atoms with Crippen LogP contribution in [0.3, 0.4) is 0 Å². The predicted octanol–water partition coefficient (Wildman–Crippen LogP) is 3.35. The van der Waals surface area contributed by atoms with Gasteiger partial charge in [-0.2, -0.15) is 4.31 Å². The average molecular weight is 465 g/mol. The van der Waals surface area contributed by atoms with Crippen LogP contribution in [-0.4, -0.2) is 51.0 Å². The van der Waals surface area contributed by atoms with Gasteiger partial charge >= 0.3 is 0 Å². The largest absolute Gasteiger partial charge is 0.494 e. The molecule has 1 aliphatic heterocycles. The molecular formula is C23H29FN2O5S. The van der Waals surface area contributed by atoms with E-state index in [1.54, 1.807) is 12.1 Å². The molecule has 2 aromatic carbocycles. The number of carbonyl (C=O) groups excluding carboxylic acids is 1. The van der Waals surface area contributed by atoms with E-state index in [0.717, 1.165) is 30.7 Å². The van der Waals surface area contributed by atoms with E-state index in [9.17, 15) is 17.6 Å². The second-order valence-electron chi connectivity index (χ2n) is 7.54. The summed E-state index contributed by atoms with van der Waals surface area (Å²) in [5.41, 5.74) is 0. The van der Waals surface area contributed by atoms with Gasteiger partial charge in [0.05, 0.1) is 18.0 Å². The standard InChI is InChI=1S/C23H29FN2O5S/c1-2-3-16-30-19-8-10-20(11-9-19)31-17-14-25-23(27)22-5-4-15-26(22)32(28,29)21-12-6-18(24)7-13-21/h6-13,22H,2-5,14-17H2,1H3,(H,25,27). The summed E-state index contributed by atoms with van der Waals surface area (Å²) in [6.45, 7) is 3.53. The molecule has 0 bridgehead atoms. The first-order chi connectivity index (χ1) is 15.4. The summed E-state index contributed by atoms with van der Waals surface area (Å²) in [4.78, 5) is 12.6. The van der Waals surface area contributed by atoms with Crippen molar-refractivity contribution in [1.82, 2.24) is 9.62 Å². The van der Waals surface area contributed by atoms with Gasteiger partial charge in [-0.1, -0.05) is 13.3 Å². The molecule has 3 rings (SSSR count). The van der Waals surface area contributed by atoms with Gasteiger partial charge < -0.3 is 14.8 Å². The van der Waals surface area contributed by atoms with E-state index < -0.39 is 21.9 Å². The molecule has 7 nitrogen and oxygen atoms in total. The SMILES string of the molecule is CCCCOc1ccc(OCCNC(=O)C2CCCN2S(=O)(=O)c2ccc(F)cc2)cc1. The minimum Gasteiger partial charge on any atom is -0.494 e. The summed E-state index contributed by atoms with van der Waals surface area (Å²) < 4.78 is 51.3. The molecule has 2 aromatic rings. The van der Waals surface area contributed by atoms with E-state index in [4.69, 9.17) is 9.47 Å². The third kappa shape index (κ3) is 6.20. The molecular weight excluding hydrogens is 435 g/mol. The lowest BCUT2D eigenvalue weighted by Gasteiger charge is -2.23. The fourth-order valence-corrected chi connectivity index (χ4v) is 5.12. The molecule has 1 saturated heterocycles. The van der Waals surface area contributed by atoms with Crippen LogP contribution in [0, 0.1) is 5.82 Å². The van der Waals surface area contributed by atoms with Gasteiger partial charge in [0, 0.05) is 6.54 Å². The molecule has 9 heteroatoms. The summed E-state index contributed by atoms with van der Waals surface area (Å²) in [5, 5.41) is 2.75. The quantitative estimate of drug-likeness (QED) is 0.516. The topological polar surface area (TPSA) is 84.9 Å². The summed E-state index contributed by atoms with van der Waals surface area (Å²) in [7, 11) is -3.87. The zero-order valence-corrected chi connectivity index (χ0v) is 18.9. The van der Waals surface area contributed by atoms with Crippen LogP contribution in [0.25, 0.3) is 0 Å². The molecule has 1 N–H and O–H groups in total. The number of sulfonamides is 1. The summed E-state index contributed by atoms with van der Waals surface area (Å²) in [5.74, 6) is 0.557. The summed E-state index contributed by atoms with van der Waals surface area (Å²) >= 11 is 0. The fraction of sp³-hybridized carbons (Fsp3) is 0.435. The Balaban J connectivity index is 1.47. The first kappa shape index (κ1) is 24.0. The molecule has 0 saturated carbocycles. The number of nitrogens with one attached hydrogen (secondary N) is 1. The van der Waals surface area contributed by atoms with Gasteiger partial charge in [0.25, 0.3) is 0 Å². The van der Waals surface area contributed by atoms with Crippen molar-refractivity contribution in [2.24, 2.45) is 0 Å². The number of benzene rings is 2. The average Bonchev–Trinajstić information content (AvgIpc) is 3.29. The molecule has 174 valence electrons. The molecule has 32 heavy (non-hydrogen) atoms. The highest BCUT2D eigenvalue weighted by Gasteiger charge is 2.39. The van der Waals surface area contributed by atoms with Crippen molar-refractivity contribution >= 4 is 15.9 Å². The second-order valence-corrected chi connectivity index (χ2v) is 9.43. The number of carbonyl (C=O) groups is 1. The molecule has 1 fully saturated rings. The Labute approximate surface area is 188 Å². The monoisotopic (exact) mass is 464 g/mol. The Hall–Kier alpha value is -2.65. The van der Waals surface area contributed by atoms with Crippen molar-refractivity contribution in [2.45, 2.75) is 43.5 Å². The lowest BCUT2D eigenvalue weighted by molar-refractivity contribution is -0.124. The van der Waals surface area contributed by atoms with Crippen molar-refractivity contribution in [3.05, 3.63) is 54.3 Å². The molecule has 0 aromatic heterocycles. The van der Waals surface area contributed by atoms with Crippen molar-refractivity contribution in [3.8, 4) is 11.5 Å². The van der Waals surface area contributed by atoms with Crippen molar-refractivity contribution in [2.75, 3.05) is 26.3 Å². The Kier molecular flexibility index (Phi) is 8.46. The van der Waals surface area contributed by atoms with Gasteiger partial charge in [-0.25, -0.2) is 12.8 Å². The smallest absolute Gasteiger partial charge is 0.243 e. The lowest BCUT2D eigenvalue weighted by atomic mass is 10.2. The van der Waals surface area contributed by atoms with Crippen LogP contribution < -0.4 is 14.8 Å². The number of amides is 1. The van der Waals surface area contributed by atoms with Gasteiger partial charge in [-0.05, 0) is 67.8 Å². The Morgan fingerprint density at radius 2 is 1.69 bits per heavy atom. The van der Waals surface area contributed by atoms with Gasteiger partial charge in [-0.3, -0.25) is 4.79 Å². The van der Waals surface area contributed by atoms with Crippen LogP contribution in [0.15, 0.2) is 53.4 Å². The van der Waals surface area contributed by atoms with Crippen molar-refractivity contribution in [1.29, 1.82) is 0 Å². The number of hydrogen-bond acceptors (Lipinski definition) is 5. The van der Waals surface area contributed by atoms with Gasteiger partial charge in [0.15, 0.2) is 0 Å². The Morgan fingerprint density at radius 1 is 1.06 bits per heavy atom. The minimum absolute atomic E-state index is 0.0240. The molecule has 0 aliphatic carbocycles. The van der Waals surface area contributed by atoms with Crippen molar-refractivity contribution in [3.63, 3.8) is 0 Å². The first-order valence-electron chi connectivity index (χ1n) is 10.8. The Bertz CT molecular complexity index is 980. The lowest BCUT2D eigenvalue weighted by Crippen LogP contribution is -2.46. The number of rotatable bonds is 11. The van der Waals surface area contributed by atoms with Crippen molar-refractivity contribution < 1.29 is 27.1 Å². The highest BCUT2D eigenvalue weighted by Crippen LogP contribution is 2.26. The number of hydrogen-bond donors (Lipinski definition) is 1. The molecule has 0 spiro atoms. The van der Waals surface area contributed by atoms with Crippen LogP contribution in [0.1, 0.15) is 32.6 Å². The van der Waals surface area contributed by atoms with E-state index in [1.807, 2.05) is 12.1 Å². The van der Waals surface area contributed by atoms with Crippen LogP contribution >= 0.6 is 0 Å². The molecule has 1 heterocycles. The normalized spacial score (nSPS) is 16.6. The Morgan fingerprint density at radius 3 is 2.31 bits per heavy atom. The fourth-order valence-electron chi connectivity index (χ4n) is 3.46. The summed E-state index contributed by atoms with van der Waals surface area (Å²) in [6, 6.07) is 11.1. The molecule has 1 amide bonds. The van der Waals surface area contributed by atoms with Gasteiger partial charge in [-0.15, -0.1) is 0 Å². The third-order valence-corrected chi connectivity index (χ3v) is 7.11. The zero-order chi connectivity index (χ0) is 23.0. The number of nitrogens with zero attached hydrogens (tertiary/aromatic N) is 1. The molecule has 0 radical (unpaired) electrons. The first-order valence-corrected chi connectivity index (χ1v) is 12.3. The maximum Gasteiger partial charge on any atom is 0.243 e. The van der Waals surface area contributed by atoms with E-state index in [0.29, 0.717) is 25.2 Å². The number of unbranched alkanes of at least 4 members (excludes halogenated alkanes) is 1. The molecule has 1 unspecified atom stereocenters. The number of ether oxygens (including phenoxy) is 2. The van der Waals surface area contributed by atoms with Gasteiger partial charge in [0.1, 0.15) is 30.0 Å². The van der Waals surface area contributed by atoms with E-state index in [1.165, 1.54) is 16.4 Å². The predicted molar refractivity (Wildman–Crippen MR) is 119 cm³/mol. The highest BCUT2D eigenvalue weighted by molar-refractivity contribution is 7.89. The highest BCUT2D eigenvalue weighted by atomic mass is 32.2. The number of halogens is 1. The zero-order valence-electron chi connectivity index (χ0n) is 18.1. The van der Waals surface area contributed by atoms with Crippen LogP contribution in [0.2, 0.25) is 0 Å². The maximum absolute atomic E-state index is 13.1. The van der Waals surface area contributed by atoms with Crippen LogP contribution in [0.5, 0.6) is 11.5 Å². The van der Waals surface area contributed by atoms with Gasteiger partial charge in [0.2, 0.25) is 15.9 Å². The molecule has 1 aliphatic rings. The third-order valence-electron chi connectivity index (χ3n) is 5.19. The van der Waals surface area contributed by atoms with E-state index in [2.05, 4.69) is 12.2 Å². The minimum atomic E-state index is -3.87. The summed E-state index contributed by atoms with van der Waals surface area (Å²) in [6.07, 6.45) is 3.10. The van der Waals surface area contributed by atoms with E-state index in [-0.39, 0.29) is 30.5 Å². The second kappa shape index (κ2) is 11.3. The maximum atomic E-state index is 13.1.